The van der Waals surface area contributed by atoms with E-state index in [0.717, 1.165) is 11.3 Å². The van der Waals surface area contributed by atoms with E-state index in [0.29, 0.717) is 17.3 Å². The van der Waals surface area contributed by atoms with Crippen molar-refractivity contribution in [2.45, 2.75) is 6.54 Å². The van der Waals surface area contributed by atoms with Crippen molar-refractivity contribution in [3.8, 4) is 11.5 Å². The highest BCUT2D eigenvalue weighted by molar-refractivity contribution is 6.30. The molecule has 2 rings (SSSR count). The maximum Gasteiger partial charge on any atom is 0.147 e. The van der Waals surface area contributed by atoms with Gasteiger partial charge in [-0.3, -0.25) is 9.97 Å². The van der Waals surface area contributed by atoms with Crippen molar-refractivity contribution in [3.63, 3.8) is 0 Å². The van der Waals surface area contributed by atoms with Crippen molar-refractivity contribution in [2.75, 3.05) is 7.05 Å². The predicted molar refractivity (Wildman–Crippen MR) is 66.3 cm³/mol. The molecule has 2 aromatic rings. The topological polar surface area (TPSA) is 47.0 Å². The molecule has 0 aliphatic heterocycles. The van der Waals surface area contributed by atoms with Gasteiger partial charge in [-0.2, -0.15) is 0 Å². The van der Waals surface area contributed by atoms with Crippen molar-refractivity contribution >= 4 is 11.6 Å². The van der Waals surface area contributed by atoms with Crippen molar-refractivity contribution in [1.29, 1.82) is 0 Å². The summed E-state index contributed by atoms with van der Waals surface area (Å²) in [6.45, 7) is 0.692. The molecule has 0 aromatic carbocycles. The summed E-state index contributed by atoms with van der Waals surface area (Å²) in [6, 6.07) is 3.53. The molecule has 0 bridgehead atoms. The van der Waals surface area contributed by atoms with Crippen LogP contribution in [0.2, 0.25) is 5.02 Å². The van der Waals surface area contributed by atoms with Gasteiger partial charge in [0.2, 0.25) is 0 Å². The summed E-state index contributed by atoms with van der Waals surface area (Å²) in [5.41, 5.74) is 0.981. The molecule has 88 valence electrons. The zero-order valence-electron chi connectivity index (χ0n) is 9.35. The minimum absolute atomic E-state index is 0.548. The highest BCUT2D eigenvalue weighted by Gasteiger charge is 2.04. The van der Waals surface area contributed by atoms with E-state index in [9.17, 15) is 0 Å². The molecule has 0 aliphatic rings. The Morgan fingerprint density at radius 3 is 2.94 bits per heavy atom. The zero-order chi connectivity index (χ0) is 12.1. The first-order chi connectivity index (χ1) is 8.29. The second-order valence-corrected chi connectivity index (χ2v) is 3.89. The molecule has 0 radical (unpaired) electrons. The Morgan fingerprint density at radius 2 is 2.18 bits per heavy atom. The number of hydrogen-bond donors (Lipinski definition) is 1. The van der Waals surface area contributed by atoms with Gasteiger partial charge in [-0.05, 0) is 13.1 Å². The lowest BCUT2D eigenvalue weighted by molar-refractivity contribution is 0.471. The van der Waals surface area contributed by atoms with Gasteiger partial charge in [-0.25, -0.2) is 0 Å². The molecule has 1 N–H and O–H groups in total. The number of aromatic nitrogens is 2. The largest absolute Gasteiger partial charge is 0.455 e. The van der Waals surface area contributed by atoms with Crippen LogP contribution in [0.3, 0.4) is 0 Å². The Hall–Kier alpha value is -1.65. The molecule has 0 unspecified atom stereocenters. The first kappa shape index (κ1) is 11.8. The minimum Gasteiger partial charge on any atom is -0.455 e. The molecule has 0 fully saturated rings. The summed E-state index contributed by atoms with van der Waals surface area (Å²) in [7, 11) is 1.87. The van der Waals surface area contributed by atoms with E-state index < -0.39 is 0 Å². The van der Waals surface area contributed by atoms with Gasteiger partial charge >= 0.3 is 0 Å². The SMILES string of the molecule is CNCc1cnccc1Oc1cncc(Cl)c1. The average molecular weight is 250 g/mol. The Morgan fingerprint density at radius 1 is 1.29 bits per heavy atom. The lowest BCUT2D eigenvalue weighted by Crippen LogP contribution is -2.06. The predicted octanol–water partition coefficient (Wildman–Crippen LogP) is 2.64. The number of pyridine rings is 2. The standard InChI is InChI=1S/C12H12ClN3O/c1-14-5-9-6-15-3-2-12(9)17-11-4-10(13)7-16-8-11/h2-4,6-8,14H,5H2,1H3. The fourth-order valence-electron chi connectivity index (χ4n) is 1.41. The first-order valence-electron chi connectivity index (χ1n) is 5.15. The second kappa shape index (κ2) is 5.61. The summed E-state index contributed by atoms with van der Waals surface area (Å²) in [5.74, 6) is 1.36. The minimum atomic E-state index is 0.548. The van der Waals surface area contributed by atoms with Gasteiger partial charge in [0.05, 0.1) is 11.2 Å². The van der Waals surface area contributed by atoms with Crippen LogP contribution in [-0.4, -0.2) is 17.0 Å². The van der Waals surface area contributed by atoms with E-state index in [1.54, 1.807) is 30.9 Å². The molecule has 0 saturated carbocycles. The van der Waals surface area contributed by atoms with Gasteiger partial charge in [0.25, 0.3) is 0 Å². The van der Waals surface area contributed by atoms with E-state index in [4.69, 9.17) is 16.3 Å². The van der Waals surface area contributed by atoms with Crippen LogP contribution >= 0.6 is 11.6 Å². The van der Waals surface area contributed by atoms with E-state index in [1.165, 1.54) is 0 Å². The van der Waals surface area contributed by atoms with Crippen LogP contribution in [0.5, 0.6) is 11.5 Å². The number of nitrogens with zero attached hydrogens (tertiary/aromatic N) is 2. The van der Waals surface area contributed by atoms with E-state index in [-0.39, 0.29) is 0 Å². The van der Waals surface area contributed by atoms with Crippen molar-refractivity contribution in [2.24, 2.45) is 0 Å². The molecular formula is C12H12ClN3O. The quantitative estimate of drug-likeness (QED) is 0.905. The Bertz CT molecular complexity index is 505. The molecule has 4 nitrogen and oxygen atoms in total. The fraction of sp³-hybridized carbons (Fsp3) is 0.167. The average Bonchev–Trinajstić information content (AvgIpc) is 2.32. The number of hydrogen-bond acceptors (Lipinski definition) is 4. The summed E-state index contributed by atoms with van der Waals surface area (Å²) in [4.78, 5) is 8.03. The van der Waals surface area contributed by atoms with Crippen LogP contribution in [-0.2, 0) is 6.54 Å². The van der Waals surface area contributed by atoms with Gasteiger partial charge in [-0.1, -0.05) is 11.6 Å². The molecule has 0 saturated heterocycles. The highest BCUT2D eigenvalue weighted by Crippen LogP contribution is 2.25. The Labute approximate surface area is 105 Å². The van der Waals surface area contributed by atoms with Crippen LogP contribution in [0.1, 0.15) is 5.56 Å². The monoisotopic (exact) mass is 249 g/mol. The number of nitrogens with one attached hydrogen (secondary N) is 1. The number of rotatable bonds is 4. The van der Waals surface area contributed by atoms with Crippen LogP contribution in [0.15, 0.2) is 36.9 Å². The molecule has 0 aliphatic carbocycles. The highest BCUT2D eigenvalue weighted by atomic mass is 35.5. The molecular weight excluding hydrogens is 238 g/mol. The number of halogens is 1. The second-order valence-electron chi connectivity index (χ2n) is 3.45. The third-order valence-electron chi connectivity index (χ3n) is 2.13. The molecule has 17 heavy (non-hydrogen) atoms. The summed E-state index contributed by atoms with van der Waals surface area (Å²) < 4.78 is 5.72. The van der Waals surface area contributed by atoms with Gasteiger partial charge < -0.3 is 10.1 Å². The molecule has 5 heteroatoms. The van der Waals surface area contributed by atoms with Crippen LogP contribution < -0.4 is 10.1 Å². The van der Waals surface area contributed by atoms with E-state index >= 15 is 0 Å². The fourth-order valence-corrected chi connectivity index (χ4v) is 1.58. The maximum absolute atomic E-state index is 5.84. The lowest BCUT2D eigenvalue weighted by Gasteiger charge is -2.09. The summed E-state index contributed by atoms with van der Waals surface area (Å²) in [6.07, 6.45) is 6.64. The normalized spacial score (nSPS) is 10.2. The first-order valence-corrected chi connectivity index (χ1v) is 5.53. The van der Waals surface area contributed by atoms with Crippen LogP contribution in [0, 0.1) is 0 Å². The van der Waals surface area contributed by atoms with Crippen LogP contribution in [0.25, 0.3) is 0 Å². The maximum atomic E-state index is 5.84. The molecule has 0 amide bonds. The van der Waals surface area contributed by atoms with Gasteiger partial charge in [0.15, 0.2) is 0 Å². The van der Waals surface area contributed by atoms with Crippen molar-refractivity contribution < 1.29 is 4.74 Å². The summed E-state index contributed by atoms with van der Waals surface area (Å²) >= 11 is 5.84. The number of ether oxygens (including phenoxy) is 1. The Kier molecular flexibility index (Phi) is 3.90. The van der Waals surface area contributed by atoms with Crippen molar-refractivity contribution in [1.82, 2.24) is 15.3 Å². The molecule has 2 heterocycles. The van der Waals surface area contributed by atoms with Crippen LogP contribution in [0.4, 0.5) is 0 Å². The van der Waals surface area contributed by atoms with Gasteiger partial charge in [-0.15, -0.1) is 0 Å². The third kappa shape index (κ3) is 3.15. The smallest absolute Gasteiger partial charge is 0.147 e. The third-order valence-corrected chi connectivity index (χ3v) is 2.34. The van der Waals surface area contributed by atoms with Crippen molar-refractivity contribution in [3.05, 3.63) is 47.5 Å². The Balaban J connectivity index is 2.23. The van der Waals surface area contributed by atoms with E-state index in [2.05, 4.69) is 15.3 Å². The summed E-state index contributed by atoms with van der Waals surface area (Å²) in [5, 5.41) is 3.61. The molecule has 0 spiro atoms. The van der Waals surface area contributed by atoms with Gasteiger partial charge in [0.1, 0.15) is 11.5 Å². The molecule has 0 atom stereocenters. The van der Waals surface area contributed by atoms with Gasteiger partial charge in [0, 0.05) is 36.8 Å². The lowest BCUT2D eigenvalue weighted by atomic mass is 10.2. The van der Waals surface area contributed by atoms with E-state index in [1.807, 2.05) is 13.1 Å². The molecule has 2 aromatic heterocycles. The zero-order valence-corrected chi connectivity index (χ0v) is 10.1.